The molecule has 1 aliphatic heterocycles. The predicted octanol–water partition coefficient (Wildman–Crippen LogP) is 0.779. The van der Waals surface area contributed by atoms with E-state index in [0.717, 1.165) is 31.5 Å². The molecule has 140 valence electrons. The van der Waals surface area contributed by atoms with Crippen LogP contribution >= 0.6 is 0 Å². The molecule has 7 heteroatoms. The molecule has 1 atom stereocenters. The van der Waals surface area contributed by atoms with Gasteiger partial charge < -0.3 is 30.0 Å². The van der Waals surface area contributed by atoms with E-state index in [1.165, 1.54) is 0 Å². The summed E-state index contributed by atoms with van der Waals surface area (Å²) in [5.74, 6) is 1.07. The number of carbonyl (C=O) groups is 1. The van der Waals surface area contributed by atoms with Gasteiger partial charge in [-0.25, -0.2) is 0 Å². The fourth-order valence-electron chi connectivity index (χ4n) is 3.03. The van der Waals surface area contributed by atoms with E-state index in [9.17, 15) is 9.90 Å². The number of aliphatic hydroxyl groups excluding tert-OH is 1. The summed E-state index contributed by atoms with van der Waals surface area (Å²) in [4.78, 5) is 13.3. The average Bonchev–Trinajstić information content (AvgIpc) is 2.62. The molecule has 1 aliphatic rings. The van der Waals surface area contributed by atoms with Crippen LogP contribution in [-0.2, 0) is 16.1 Å². The lowest BCUT2D eigenvalue weighted by atomic mass is 9.96. The number of rotatable bonds is 9. The number of piperidine rings is 1. The van der Waals surface area contributed by atoms with Gasteiger partial charge in [0.15, 0.2) is 11.5 Å². The Morgan fingerprint density at radius 2 is 1.96 bits per heavy atom. The first-order chi connectivity index (χ1) is 12.0. The highest BCUT2D eigenvalue weighted by molar-refractivity contribution is 5.76. The van der Waals surface area contributed by atoms with Gasteiger partial charge >= 0.3 is 0 Å². The van der Waals surface area contributed by atoms with Crippen LogP contribution in [0.25, 0.3) is 0 Å². The van der Waals surface area contributed by atoms with E-state index in [4.69, 9.17) is 19.9 Å². The number of likely N-dealkylation sites (tertiary alicyclic amines) is 1. The Morgan fingerprint density at radius 3 is 2.56 bits per heavy atom. The summed E-state index contributed by atoms with van der Waals surface area (Å²) < 4.78 is 16.1. The Kier molecular flexibility index (Phi) is 7.49. The maximum Gasteiger partial charge on any atom is 0.220 e. The molecule has 1 fully saturated rings. The number of primary amides is 1. The summed E-state index contributed by atoms with van der Waals surface area (Å²) in [6, 6.07) is 5.60. The van der Waals surface area contributed by atoms with Gasteiger partial charge in [0.2, 0.25) is 5.91 Å². The van der Waals surface area contributed by atoms with Gasteiger partial charge in [-0.15, -0.1) is 0 Å². The number of ether oxygens (including phenoxy) is 3. The number of aliphatic hydroxyl groups is 1. The first kappa shape index (κ1) is 19.5. The molecule has 25 heavy (non-hydrogen) atoms. The second kappa shape index (κ2) is 9.60. The molecule has 0 radical (unpaired) electrons. The van der Waals surface area contributed by atoms with Gasteiger partial charge in [-0.2, -0.15) is 0 Å². The number of nitrogens with two attached hydrogens (primary N) is 1. The van der Waals surface area contributed by atoms with Crippen LogP contribution in [-0.4, -0.2) is 62.5 Å². The molecule has 1 aromatic carbocycles. The van der Waals surface area contributed by atoms with Crippen LogP contribution in [0.3, 0.4) is 0 Å². The van der Waals surface area contributed by atoms with Gasteiger partial charge in [0.05, 0.1) is 33.5 Å². The lowest BCUT2D eigenvalue weighted by molar-refractivity contribution is -0.123. The predicted molar refractivity (Wildman–Crippen MR) is 93.6 cm³/mol. The number of methoxy groups -OCH3 is 2. The molecule has 0 saturated carbocycles. The minimum atomic E-state index is -0.565. The summed E-state index contributed by atoms with van der Waals surface area (Å²) in [5.41, 5.74) is 6.28. The fourth-order valence-corrected chi connectivity index (χ4v) is 3.03. The van der Waals surface area contributed by atoms with Crippen LogP contribution in [0.4, 0.5) is 0 Å². The molecule has 0 spiro atoms. The van der Waals surface area contributed by atoms with E-state index in [1.54, 1.807) is 14.2 Å². The molecule has 2 rings (SSSR count). The van der Waals surface area contributed by atoms with Crippen molar-refractivity contribution in [2.75, 3.05) is 40.5 Å². The maximum absolute atomic E-state index is 11.2. The van der Waals surface area contributed by atoms with Gasteiger partial charge in [0.1, 0.15) is 0 Å². The van der Waals surface area contributed by atoms with Crippen LogP contribution in [0.2, 0.25) is 0 Å². The first-order valence-electron chi connectivity index (χ1n) is 8.52. The molecule has 1 saturated heterocycles. The van der Waals surface area contributed by atoms with Crippen LogP contribution in [0, 0.1) is 5.92 Å². The number of hydrogen-bond acceptors (Lipinski definition) is 6. The molecule has 0 bridgehead atoms. The maximum atomic E-state index is 11.2. The van der Waals surface area contributed by atoms with E-state index in [2.05, 4.69) is 4.90 Å². The van der Waals surface area contributed by atoms with Crippen molar-refractivity contribution in [3.63, 3.8) is 0 Å². The van der Waals surface area contributed by atoms with Gasteiger partial charge in [0, 0.05) is 12.5 Å². The summed E-state index contributed by atoms with van der Waals surface area (Å²) in [6.45, 7) is 2.74. The largest absolute Gasteiger partial charge is 0.493 e. The van der Waals surface area contributed by atoms with Gasteiger partial charge in [0.25, 0.3) is 0 Å². The average molecular weight is 352 g/mol. The van der Waals surface area contributed by atoms with Crippen LogP contribution in [0.5, 0.6) is 11.5 Å². The highest BCUT2D eigenvalue weighted by Gasteiger charge is 2.24. The molecule has 7 nitrogen and oxygen atoms in total. The summed E-state index contributed by atoms with van der Waals surface area (Å²) in [6.07, 6.45) is 0.952. The second-order valence-electron chi connectivity index (χ2n) is 6.34. The van der Waals surface area contributed by atoms with E-state index < -0.39 is 6.10 Å². The highest BCUT2D eigenvalue weighted by atomic mass is 16.5. The Hall–Kier alpha value is -1.83. The molecular formula is C18H28N2O5. The SMILES string of the molecule is COc1ccc(COC[C@@H](O)CN2CCC(C(N)=O)CC2)cc1OC. The number of benzene rings is 1. The minimum absolute atomic E-state index is 0.0327. The standard InChI is InChI=1S/C18H28N2O5/c1-23-16-4-3-13(9-17(16)24-2)11-25-12-15(21)10-20-7-5-14(6-8-20)18(19)22/h3-4,9,14-15,21H,5-8,10-12H2,1-2H3,(H2,19,22)/t15-/m0/s1. The molecule has 1 aromatic rings. The topological polar surface area (TPSA) is 94.3 Å². The van der Waals surface area contributed by atoms with Gasteiger partial charge in [-0.3, -0.25) is 4.79 Å². The zero-order chi connectivity index (χ0) is 18.2. The Bertz CT molecular complexity index is 558. The van der Waals surface area contributed by atoms with E-state index in [-0.39, 0.29) is 18.4 Å². The van der Waals surface area contributed by atoms with Crippen molar-refractivity contribution in [3.05, 3.63) is 23.8 Å². The number of nitrogens with zero attached hydrogens (tertiary/aromatic N) is 1. The lowest BCUT2D eigenvalue weighted by Gasteiger charge is -2.31. The molecule has 0 aromatic heterocycles. The monoisotopic (exact) mass is 352 g/mol. The fraction of sp³-hybridized carbons (Fsp3) is 0.611. The zero-order valence-corrected chi connectivity index (χ0v) is 14.9. The molecule has 1 heterocycles. The van der Waals surface area contributed by atoms with Crippen molar-refractivity contribution in [2.45, 2.75) is 25.6 Å². The molecule has 1 amide bonds. The Morgan fingerprint density at radius 1 is 1.28 bits per heavy atom. The van der Waals surface area contributed by atoms with Crippen molar-refractivity contribution in [1.29, 1.82) is 0 Å². The summed E-state index contributed by atoms with van der Waals surface area (Å²) >= 11 is 0. The van der Waals surface area contributed by atoms with Crippen molar-refractivity contribution >= 4 is 5.91 Å². The van der Waals surface area contributed by atoms with Crippen molar-refractivity contribution in [1.82, 2.24) is 4.90 Å². The van der Waals surface area contributed by atoms with Crippen molar-refractivity contribution < 1.29 is 24.1 Å². The number of carbonyl (C=O) groups excluding carboxylic acids is 1. The third-order valence-corrected chi connectivity index (χ3v) is 4.49. The smallest absolute Gasteiger partial charge is 0.220 e. The Labute approximate surface area is 148 Å². The lowest BCUT2D eigenvalue weighted by Crippen LogP contribution is -2.42. The molecule has 3 N–H and O–H groups in total. The summed E-state index contributed by atoms with van der Waals surface area (Å²) in [5, 5.41) is 10.1. The van der Waals surface area contributed by atoms with Gasteiger partial charge in [-0.05, 0) is 43.6 Å². The molecule has 0 unspecified atom stereocenters. The van der Waals surface area contributed by atoms with E-state index in [0.29, 0.717) is 24.7 Å². The third kappa shape index (κ3) is 5.88. The Balaban J connectivity index is 1.70. The number of β-amino-alcohol motifs (C(OH)–C–C–N with tert-alkyl or cyclic N) is 1. The van der Waals surface area contributed by atoms with Crippen LogP contribution in [0.15, 0.2) is 18.2 Å². The van der Waals surface area contributed by atoms with Crippen molar-refractivity contribution in [2.24, 2.45) is 11.7 Å². The van der Waals surface area contributed by atoms with Crippen LogP contribution in [0.1, 0.15) is 18.4 Å². The van der Waals surface area contributed by atoms with Gasteiger partial charge in [-0.1, -0.05) is 6.07 Å². The van der Waals surface area contributed by atoms with E-state index in [1.807, 2.05) is 18.2 Å². The minimum Gasteiger partial charge on any atom is -0.493 e. The second-order valence-corrected chi connectivity index (χ2v) is 6.34. The molecule has 0 aliphatic carbocycles. The zero-order valence-electron chi connectivity index (χ0n) is 14.9. The number of amides is 1. The molecular weight excluding hydrogens is 324 g/mol. The van der Waals surface area contributed by atoms with Crippen molar-refractivity contribution in [3.8, 4) is 11.5 Å². The normalized spacial score (nSPS) is 17.2. The summed E-state index contributed by atoms with van der Waals surface area (Å²) in [7, 11) is 3.18. The van der Waals surface area contributed by atoms with Crippen LogP contribution < -0.4 is 15.2 Å². The third-order valence-electron chi connectivity index (χ3n) is 4.49. The van der Waals surface area contributed by atoms with E-state index >= 15 is 0 Å². The first-order valence-corrected chi connectivity index (χ1v) is 8.52. The highest BCUT2D eigenvalue weighted by Crippen LogP contribution is 2.27. The number of hydrogen-bond donors (Lipinski definition) is 2. The quantitative estimate of drug-likeness (QED) is 0.682.